The van der Waals surface area contributed by atoms with Gasteiger partial charge in [0.25, 0.3) is 0 Å². The van der Waals surface area contributed by atoms with Crippen LogP contribution < -0.4 is 10.2 Å². The third-order valence-electron chi connectivity index (χ3n) is 7.08. The zero-order valence-electron chi connectivity index (χ0n) is 19.8. The molecule has 3 aliphatic rings. The third kappa shape index (κ3) is 6.26. The molecule has 33 heavy (non-hydrogen) atoms. The van der Waals surface area contributed by atoms with Crippen molar-refractivity contribution in [1.29, 1.82) is 10.5 Å². The van der Waals surface area contributed by atoms with E-state index in [1.807, 2.05) is 19.9 Å². The second-order valence-electron chi connectivity index (χ2n) is 9.89. The maximum absolute atomic E-state index is 12.7. The summed E-state index contributed by atoms with van der Waals surface area (Å²) in [6, 6.07) is 12.7. The fourth-order valence-electron chi connectivity index (χ4n) is 4.47. The summed E-state index contributed by atoms with van der Waals surface area (Å²) in [6.45, 7) is 7.30. The lowest BCUT2D eigenvalue weighted by Crippen LogP contribution is -2.50. The van der Waals surface area contributed by atoms with Crippen LogP contribution in [0.25, 0.3) is 0 Å². The number of carbonyl (C=O) groups is 2. The molecular weight excluding hydrogens is 414 g/mol. The Balaban J connectivity index is 0.000000323. The van der Waals surface area contributed by atoms with Crippen molar-refractivity contribution < 1.29 is 9.59 Å². The van der Waals surface area contributed by atoms with Crippen LogP contribution in [0.15, 0.2) is 24.3 Å². The van der Waals surface area contributed by atoms with Gasteiger partial charge in [0, 0.05) is 37.8 Å². The standard InChI is InChI=1S/C21H29N3O.C5H6N2O/c1-21(2,16-22)18-8-10-19(11-9-18)23-12-14-24(15-13-23)20(25)17-6-4-3-5-7-17;6-3-5(1-2-5)7-4-8/h8-11,17H,3-7,12-15H2,1-2H3;4H,1-2H2,(H,7,8). The van der Waals surface area contributed by atoms with Gasteiger partial charge in [-0.15, -0.1) is 0 Å². The van der Waals surface area contributed by atoms with Crippen molar-refractivity contribution >= 4 is 18.0 Å². The summed E-state index contributed by atoms with van der Waals surface area (Å²) in [4.78, 5) is 26.8. The minimum absolute atomic E-state index is 0.271. The highest BCUT2D eigenvalue weighted by Crippen LogP contribution is 2.33. The number of carbonyl (C=O) groups excluding carboxylic acids is 2. The van der Waals surface area contributed by atoms with Crippen LogP contribution in [0, 0.1) is 28.6 Å². The Labute approximate surface area is 197 Å². The summed E-state index contributed by atoms with van der Waals surface area (Å²) in [5.74, 6) is 0.651. The Bertz CT molecular complexity index is 894. The van der Waals surface area contributed by atoms with Crippen LogP contribution in [-0.4, -0.2) is 48.9 Å². The molecule has 3 fully saturated rings. The average molecular weight is 450 g/mol. The number of nitrogens with one attached hydrogen (secondary N) is 1. The van der Waals surface area contributed by atoms with Crippen LogP contribution in [0.2, 0.25) is 0 Å². The van der Waals surface area contributed by atoms with Crippen molar-refractivity contribution in [2.75, 3.05) is 31.1 Å². The Morgan fingerprint density at radius 2 is 1.67 bits per heavy atom. The normalized spacial score (nSPS) is 19.9. The van der Waals surface area contributed by atoms with E-state index in [1.165, 1.54) is 24.9 Å². The fourth-order valence-corrected chi connectivity index (χ4v) is 4.47. The lowest BCUT2D eigenvalue weighted by Gasteiger charge is -2.38. The smallest absolute Gasteiger partial charge is 0.225 e. The summed E-state index contributed by atoms with van der Waals surface area (Å²) in [5, 5.41) is 20.0. The third-order valence-corrected chi connectivity index (χ3v) is 7.08. The molecule has 0 bridgehead atoms. The monoisotopic (exact) mass is 449 g/mol. The van der Waals surface area contributed by atoms with Gasteiger partial charge in [-0.1, -0.05) is 31.4 Å². The first-order valence-corrected chi connectivity index (χ1v) is 12.0. The van der Waals surface area contributed by atoms with Crippen molar-refractivity contribution in [2.24, 2.45) is 5.92 Å². The number of rotatable bonds is 5. The molecule has 2 amide bonds. The minimum Gasteiger partial charge on any atom is -0.368 e. The van der Waals surface area contributed by atoms with Crippen molar-refractivity contribution in [2.45, 2.75) is 69.7 Å². The highest BCUT2D eigenvalue weighted by molar-refractivity contribution is 5.79. The molecule has 0 radical (unpaired) electrons. The van der Waals surface area contributed by atoms with Crippen LogP contribution in [0.4, 0.5) is 5.69 Å². The first-order chi connectivity index (χ1) is 15.8. The van der Waals surface area contributed by atoms with Gasteiger partial charge in [0.15, 0.2) is 0 Å². The van der Waals surface area contributed by atoms with E-state index >= 15 is 0 Å². The second kappa shape index (κ2) is 10.7. The topological polar surface area (TPSA) is 100 Å². The molecule has 1 saturated heterocycles. The minimum atomic E-state index is -0.470. The number of piperazine rings is 1. The molecule has 1 N–H and O–H groups in total. The number of anilines is 1. The summed E-state index contributed by atoms with van der Waals surface area (Å²) < 4.78 is 0. The Morgan fingerprint density at radius 1 is 1.06 bits per heavy atom. The van der Waals surface area contributed by atoms with Crippen LogP contribution in [-0.2, 0) is 15.0 Å². The van der Waals surface area contributed by atoms with E-state index in [4.69, 9.17) is 5.26 Å². The zero-order chi connectivity index (χ0) is 23.9. The summed E-state index contributed by atoms with van der Waals surface area (Å²) in [5.41, 5.74) is 1.30. The van der Waals surface area contributed by atoms with Crippen LogP contribution in [0.5, 0.6) is 0 Å². The van der Waals surface area contributed by atoms with E-state index in [2.05, 4.69) is 45.5 Å². The molecule has 0 spiro atoms. The maximum Gasteiger partial charge on any atom is 0.225 e. The van der Waals surface area contributed by atoms with Gasteiger partial charge in [0.2, 0.25) is 12.3 Å². The number of nitriles is 2. The number of amides is 2. The molecule has 1 aliphatic heterocycles. The molecule has 2 saturated carbocycles. The molecule has 0 atom stereocenters. The molecule has 7 nitrogen and oxygen atoms in total. The van der Waals surface area contributed by atoms with Gasteiger partial charge in [0.05, 0.1) is 17.6 Å². The lowest BCUT2D eigenvalue weighted by atomic mass is 9.86. The van der Waals surface area contributed by atoms with E-state index in [1.54, 1.807) is 0 Å². The number of benzene rings is 1. The predicted octanol–water partition coefficient (Wildman–Crippen LogP) is 3.51. The summed E-state index contributed by atoms with van der Waals surface area (Å²) >= 11 is 0. The largest absolute Gasteiger partial charge is 0.368 e. The molecule has 1 aromatic carbocycles. The molecule has 176 valence electrons. The quantitative estimate of drug-likeness (QED) is 0.694. The Kier molecular flexibility index (Phi) is 7.97. The first-order valence-electron chi connectivity index (χ1n) is 12.0. The highest BCUT2D eigenvalue weighted by atomic mass is 16.2. The van der Waals surface area contributed by atoms with Gasteiger partial charge in [0.1, 0.15) is 5.54 Å². The fraction of sp³-hybridized carbons (Fsp3) is 0.615. The number of hydrogen-bond donors (Lipinski definition) is 1. The predicted molar refractivity (Wildman–Crippen MR) is 127 cm³/mol. The molecular formula is C26H35N5O2. The van der Waals surface area contributed by atoms with E-state index in [0.29, 0.717) is 12.3 Å². The van der Waals surface area contributed by atoms with E-state index < -0.39 is 11.0 Å². The Morgan fingerprint density at radius 3 is 2.12 bits per heavy atom. The average Bonchev–Trinajstić information content (AvgIpc) is 3.65. The molecule has 1 aromatic rings. The van der Waals surface area contributed by atoms with Gasteiger partial charge in [-0.3, -0.25) is 9.59 Å². The van der Waals surface area contributed by atoms with Crippen molar-refractivity contribution in [3.05, 3.63) is 29.8 Å². The second-order valence-corrected chi connectivity index (χ2v) is 9.89. The highest BCUT2D eigenvalue weighted by Gasteiger charge is 2.42. The van der Waals surface area contributed by atoms with Gasteiger partial charge >= 0.3 is 0 Å². The molecule has 1 heterocycles. The van der Waals surface area contributed by atoms with E-state index in [9.17, 15) is 14.9 Å². The van der Waals surface area contributed by atoms with Crippen LogP contribution in [0.1, 0.15) is 64.4 Å². The molecule has 4 rings (SSSR count). The Hall–Kier alpha value is -3.06. The van der Waals surface area contributed by atoms with Gasteiger partial charge in [-0.2, -0.15) is 10.5 Å². The van der Waals surface area contributed by atoms with Crippen LogP contribution >= 0.6 is 0 Å². The van der Waals surface area contributed by atoms with Crippen LogP contribution in [0.3, 0.4) is 0 Å². The van der Waals surface area contributed by atoms with Gasteiger partial charge < -0.3 is 15.1 Å². The van der Waals surface area contributed by atoms with E-state index in [-0.39, 0.29) is 5.92 Å². The summed E-state index contributed by atoms with van der Waals surface area (Å²) in [6.07, 6.45) is 8.06. The number of hydrogen-bond acceptors (Lipinski definition) is 5. The first kappa shape index (κ1) is 24.6. The van der Waals surface area contributed by atoms with Gasteiger partial charge in [-0.25, -0.2) is 0 Å². The SMILES string of the molecule is CC(C)(C#N)c1ccc(N2CCN(C(=O)C3CCCCC3)CC2)cc1.N#CC1(NC=O)CC1. The molecule has 0 unspecified atom stereocenters. The van der Waals surface area contributed by atoms with Crippen molar-refractivity contribution in [3.63, 3.8) is 0 Å². The van der Waals surface area contributed by atoms with Gasteiger partial charge in [-0.05, 0) is 57.2 Å². The molecule has 0 aromatic heterocycles. The zero-order valence-corrected chi connectivity index (χ0v) is 19.8. The van der Waals surface area contributed by atoms with Crippen molar-refractivity contribution in [3.8, 4) is 12.1 Å². The lowest BCUT2D eigenvalue weighted by molar-refractivity contribution is -0.136. The number of nitrogens with zero attached hydrogens (tertiary/aromatic N) is 4. The van der Waals surface area contributed by atoms with E-state index in [0.717, 1.165) is 57.4 Å². The maximum atomic E-state index is 12.7. The molecule has 7 heteroatoms. The van der Waals surface area contributed by atoms with Crippen molar-refractivity contribution in [1.82, 2.24) is 10.2 Å². The summed E-state index contributed by atoms with van der Waals surface area (Å²) in [7, 11) is 0. The molecule has 2 aliphatic carbocycles.